The van der Waals surface area contributed by atoms with E-state index in [1.807, 2.05) is 6.92 Å². The number of hydrogen-bond acceptors (Lipinski definition) is 2. The highest BCUT2D eigenvalue weighted by atomic mass is 79.9. The molecule has 1 unspecified atom stereocenters. The van der Waals surface area contributed by atoms with E-state index in [9.17, 15) is 9.18 Å². The van der Waals surface area contributed by atoms with Gasteiger partial charge in [0.2, 0.25) is 0 Å². The number of carboxylic acids is 1. The molecule has 1 aromatic rings. The molecule has 1 N–H and O–H groups in total. The van der Waals surface area contributed by atoms with Gasteiger partial charge in [-0.05, 0) is 24.1 Å². The van der Waals surface area contributed by atoms with Crippen LogP contribution in [0.5, 0.6) is 0 Å². The average Bonchev–Trinajstić information content (AvgIpc) is 2.20. The number of ether oxygens (including phenoxy) is 1. The first-order chi connectivity index (χ1) is 8.45. The Balaban J connectivity index is 2.37. The zero-order valence-corrected chi connectivity index (χ0v) is 11.5. The second kappa shape index (κ2) is 4.97. The van der Waals surface area contributed by atoms with Crippen LogP contribution in [0.15, 0.2) is 22.7 Å². The van der Waals surface area contributed by atoms with E-state index < -0.39 is 11.4 Å². The van der Waals surface area contributed by atoms with Crippen LogP contribution in [0.25, 0.3) is 0 Å². The molecule has 1 fully saturated rings. The molecule has 1 heterocycles. The molecule has 1 aliphatic rings. The van der Waals surface area contributed by atoms with Crippen LogP contribution in [0.2, 0.25) is 0 Å². The summed E-state index contributed by atoms with van der Waals surface area (Å²) in [7, 11) is 0. The number of rotatable bonds is 4. The van der Waals surface area contributed by atoms with Crippen molar-refractivity contribution in [2.45, 2.75) is 18.8 Å². The molecule has 1 atom stereocenters. The molecule has 98 valence electrons. The first-order valence-electron chi connectivity index (χ1n) is 5.71. The van der Waals surface area contributed by atoms with Crippen LogP contribution in [-0.2, 0) is 14.9 Å². The molecule has 5 heteroatoms. The number of carboxylic acid groups (broad SMARTS) is 1. The van der Waals surface area contributed by atoms with Gasteiger partial charge in [-0.1, -0.05) is 22.9 Å². The largest absolute Gasteiger partial charge is 0.481 e. The number of halogens is 2. The van der Waals surface area contributed by atoms with Crippen molar-refractivity contribution < 1.29 is 19.0 Å². The van der Waals surface area contributed by atoms with Crippen LogP contribution >= 0.6 is 15.9 Å². The number of benzene rings is 1. The first-order valence-corrected chi connectivity index (χ1v) is 6.50. The van der Waals surface area contributed by atoms with Crippen molar-refractivity contribution in [3.8, 4) is 0 Å². The number of aliphatic carboxylic acids is 1. The minimum Gasteiger partial charge on any atom is -0.481 e. The van der Waals surface area contributed by atoms with Crippen LogP contribution in [0, 0.1) is 11.7 Å². The lowest BCUT2D eigenvalue weighted by Gasteiger charge is -2.46. The van der Waals surface area contributed by atoms with E-state index in [-0.39, 0.29) is 18.2 Å². The molecule has 0 aromatic heterocycles. The van der Waals surface area contributed by atoms with Gasteiger partial charge in [-0.3, -0.25) is 4.79 Å². The lowest BCUT2D eigenvalue weighted by atomic mass is 9.68. The fourth-order valence-electron chi connectivity index (χ4n) is 2.36. The lowest BCUT2D eigenvalue weighted by molar-refractivity contribution is -0.142. The molecule has 18 heavy (non-hydrogen) atoms. The average molecular weight is 317 g/mol. The maximum atomic E-state index is 14.0. The summed E-state index contributed by atoms with van der Waals surface area (Å²) >= 11 is 3.32. The van der Waals surface area contributed by atoms with Gasteiger partial charge in [0.05, 0.1) is 13.2 Å². The highest BCUT2D eigenvalue weighted by molar-refractivity contribution is 9.10. The Kier molecular flexibility index (Phi) is 3.73. The van der Waals surface area contributed by atoms with E-state index in [4.69, 9.17) is 9.84 Å². The topological polar surface area (TPSA) is 46.5 Å². The minimum atomic E-state index is -0.871. The Morgan fingerprint density at radius 2 is 2.28 bits per heavy atom. The van der Waals surface area contributed by atoms with Gasteiger partial charge in [0.1, 0.15) is 5.82 Å². The summed E-state index contributed by atoms with van der Waals surface area (Å²) in [5, 5.41) is 8.89. The molecule has 2 rings (SSSR count). The van der Waals surface area contributed by atoms with Crippen LogP contribution in [0.3, 0.4) is 0 Å². The molecule has 3 nitrogen and oxygen atoms in total. The summed E-state index contributed by atoms with van der Waals surface area (Å²) in [6.07, 6.45) is 0.00924. The predicted octanol–water partition coefficient (Wildman–Crippen LogP) is 2.97. The molecule has 0 radical (unpaired) electrons. The van der Waals surface area contributed by atoms with Crippen molar-refractivity contribution in [1.29, 1.82) is 0 Å². The summed E-state index contributed by atoms with van der Waals surface area (Å²) in [5.41, 5.74) is 0.0172. The van der Waals surface area contributed by atoms with E-state index in [0.29, 0.717) is 18.8 Å². The van der Waals surface area contributed by atoms with Gasteiger partial charge in [-0.25, -0.2) is 4.39 Å². The van der Waals surface area contributed by atoms with Gasteiger partial charge < -0.3 is 9.84 Å². The van der Waals surface area contributed by atoms with Crippen LogP contribution in [-0.4, -0.2) is 24.3 Å². The van der Waals surface area contributed by atoms with Crippen LogP contribution in [0.1, 0.15) is 18.9 Å². The Morgan fingerprint density at radius 1 is 1.61 bits per heavy atom. The summed E-state index contributed by atoms with van der Waals surface area (Å²) in [6.45, 7) is 2.57. The highest BCUT2D eigenvalue weighted by Crippen LogP contribution is 2.42. The second-order valence-electron chi connectivity index (χ2n) is 4.77. The zero-order chi connectivity index (χ0) is 13.3. The lowest BCUT2D eigenvalue weighted by Crippen LogP contribution is -2.52. The van der Waals surface area contributed by atoms with Gasteiger partial charge in [-0.2, -0.15) is 0 Å². The van der Waals surface area contributed by atoms with Gasteiger partial charge >= 0.3 is 5.97 Å². The SMILES string of the molecule is CC(CC(=O)O)C1(c2cc(Br)ccc2F)COC1. The smallest absolute Gasteiger partial charge is 0.303 e. The molecule has 0 aliphatic carbocycles. The van der Waals surface area contributed by atoms with E-state index in [1.54, 1.807) is 12.1 Å². The Labute approximate surface area is 113 Å². The maximum absolute atomic E-state index is 14.0. The standard InChI is InChI=1S/C13H14BrFO3/c1-8(4-12(16)17)13(6-18-7-13)10-5-9(14)2-3-11(10)15/h2-3,5,8H,4,6-7H2,1H3,(H,16,17). The molecule has 0 saturated carbocycles. The van der Waals surface area contributed by atoms with Gasteiger partial charge in [-0.15, -0.1) is 0 Å². The van der Waals surface area contributed by atoms with E-state index in [0.717, 1.165) is 4.47 Å². The van der Waals surface area contributed by atoms with Crippen molar-refractivity contribution in [1.82, 2.24) is 0 Å². The van der Waals surface area contributed by atoms with Crippen LogP contribution in [0.4, 0.5) is 4.39 Å². The van der Waals surface area contributed by atoms with Crippen LogP contribution < -0.4 is 0 Å². The van der Waals surface area contributed by atoms with Gasteiger partial charge in [0, 0.05) is 21.9 Å². The van der Waals surface area contributed by atoms with Crippen molar-refractivity contribution in [3.63, 3.8) is 0 Å². The molecular weight excluding hydrogens is 303 g/mol. The van der Waals surface area contributed by atoms with E-state index in [1.165, 1.54) is 6.07 Å². The summed E-state index contributed by atoms with van der Waals surface area (Å²) in [4.78, 5) is 10.8. The third kappa shape index (κ3) is 2.29. The minimum absolute atomic E-state index is 0.00924. The monoisotopic (exact) mass is 316 g/mol. The van der Waals surface area contributed by atoms with Gasteiger partial charge in [0.25, 0.3) is 0 Å². The van der Waals surface area contributed by atoms with Crippen molar-refractivity contribution in [2.75, 3.05) is 13.2 Å². The molecular formula is C13H14BrFO3. The van der Waals surface area contributed by atoms with Crippen molar-refractivity contribution in [3.05, 3.63) is 34.1 Å². The molecule has 0 spiro atoms. The number of carbonyl (C=O) groups is 1. The quantitative estimate of drug-likeness (QED) is 0.929. The molecule has 1 saturated heterocycles. The Bertz CT molecular complexity index is 471. The maximum Gasteiger partial charge on any atom is 0.303 e. The van der Waals surface area contributed by atoms with Crippen molar-refractivity contribution >= 4 is 21.9 Å². The second-order valence-corrected chi connectivity index (χ2v) is 5.69. The third-order valence-corrected chi connectivity index (χ3v) is 4.10. The Morgan fingerprint density at radius 3 is 2.78 bits per heavy atom. The third-order valence-electron chi connectivity index (χ3n) is 3.61. The fraction of sp³-hybridized carbons (Fsp3) is 0.462. The predicted molar refractivity (Wildman–Crippen MR) is 68.0 cm³/mol. The molecule has 0 bridgehead atoms. The molecule has 1 aliphatic heterocycles. The van der Waals surface area contributed by atoms with Gasteiger partial charge in [0.15, 0.2) is 0 Å². The first kappa shape index (κ1) is 13.5. The van der Waals surface area contributed by atoms with E-state index in [2.05, 4.69) is 15.9 Å². The number of hydrogen-bond donors (Lipinski definition) is 1. The molecule has 0 amide bonds. The summed E-state index contributed by atoms with van der Waals surface area (Å²) < 4.78 is 20.0. The zero-order valence-electron chi connectivity index (χ0n) is 9.95. The normalized spacial score (nSPS) is 19.1. The van der Waals surface area contributed by atoms with E-state index >= 15 is 0 Å². The highest BCUT2D eigenvalue weighted by Gasteiger charge is 2.47. The summed E-state index contributed by atoms with van der Waals surface area (Å²) in [6, 6.07) is 4.75. The van der Waals surface area contributed by atoms with Crippen molar-refractivity contribution in [2.24, 2.45) is 5.92 Å². The summed E-state index contributed by atoms with van der Waals surface area (Å²) in [5.74, 6) is -1.35. The fourth-order valence-corrected chi connectivity index (χ4v) is 2.72. The molecule has 1 aromatic carbocycles. The Hall–Kier alpha value is -0.940.